The second-order valence-corrected chi connectivity index (χ2v) is 6.01. The molecule has 1 unspecified atom stereocenters. The maximum atomic E-state index is 6.33. The van der Waals surface area contributed by atoms with E-state index in [0.29, 0.717) is 10.0 Å². The Hall–Kier alpha value is -1.22. The zero-order valence-corrected chi connectivity index (χ0v) is 12.9. The van der Waals surface area contributed by atoms with Crippen molar-refractivity contribution in [1.82, 2.24) is 9.38 Å². The molecule has 1 atom stereocenters. The van der Waals surface area contributed by atoms with Crippen molar-refractivity contribution in [2.45, 2.75) is 12.3 Å². The average molecular weight is 326 g/mol. The van der Waals surface area contributed by atoms with Crippen LogP contribution in [0.3, 0.4) is 0 Å². The topological polar surface area (TPSA) is 17.3 Å². The van der Waals surface area contributed by atoms with E-state index in [1.807, 2.05) is 41.8 Å². The second-order valence-electron chi connectivity index (χ2n) is 4.51. The lowest BCUT2D eigenvalue weighted by Crippen LogP contribution is -1.95. The van der Waals surface area contributed by atoms with Crippen molar-refractivity contribution in [3.8, 4) is 11.3 Å². The SMILES string of the molecule is CC(Cl)c1c(-c2ccc(Cl)cc2Cl)nc2ccccn12. The zero-order chi connectivity index (χ0) is 14.3. The fourth-order valence-electron chi connectivity index (χ4n) is 2.27. The van der Waals surface area contributed by atoms with Crippen molar-refractivity contribution in [3.05, 3.63) is 58.3 Å². The van der Waals surface area contributed by atoms with E-state index in [2.05, 4.69) is 4.98 Å². The zero-order valence-electron chi connectivity index (χ0n) is 10.6. The number of imidazole rings is 1. The molecule has 3 aromatic rings. The number of benzene rings is 1. The lowest BCUT2D eigenvalue weighted by molar-refractivity contribution is 0.965. The highest BCUT2D eigenvalue weighted by Gasteiger charge is 2.19. The number of aromatic nitrogens is 2. The Kier molecular flexibility index (Phi) is 3.63. The van der Waals surface area contributed by atoms with Crippen LogP contribution in [0.4, 0.5) is 0 Å². The van der Waals surface area contributed by atoms with Crippen LogP contribution in [0.1, 0.15) is 18.0 Å². The molecule has 20 heavy (non-hydrogen) atoms. The second kappa shape index (κ2) is 5.28. The summed E-state index contributed by atoms with van der Waals surface area (Å²) >= 11 is 18.6. The fourth-order valence-corrected chi connectivity index (χ4v) is 2.98. The van der Waals surface area contributed by atoms with Gasteiger partial charge in [-0.25, -0.2) is 4.98 Å². The van der Waals surface area contributed by atoms with E-state index in [1.165, 1.54) is 0 Å². The van der Waals surface area contributed by atoms with Gasteiger partial charge in [0.05, 0.1) is 21.8 Å². The highest BCUT2D eigenvalue weighted by Crippen LogP contribution is 2.36. The molecule has 2 heterocycles. The van der Waals surface area contributed by atoms with Gasteiger partial charge in [0.15, 0.2) is 0 Å². The maximum absolute atomic E-state index is 6.33. The third-order valence-electron chi connectivity index (χ3n) is 3.13. The highest BCUT2D eigenvalue weighted by atomic mass is 35.5. The first kappa shape index (κ1) is 13.7. The number of alkyl halides is 1. The van der Waals surface area contributed by atoms with E-state index >= 15 is 0 Å². The Labute approximate surface area is 131 Å². The Bertz CT molecular complexity index is 778. The predicted octanol–water partition coefficient (Wildman–Crippen LogP) is 5.61. The van der Waals surface area contributed by atoms with Crippen LogP contribution in [0, 0.1) is 0 Å². The molecule has 2 aromatic heterocycles. The molecule has 3 rings (SSSR count). The van der Waals surface area contributed by atoms with Gasteiger partial charge in [0, 0.05) is 16.8 Å². The molecule has 0 saturated heterocycles. The lowest BCUT2D eigenvalue weighted by atomic mass is 10.1. The van der Waals surface area contributed by atoms with E-state index in [9.17, 15) is 0 Å². The summed E-state index contributed by atoms with van der Waals surface area (Å²) in [5.74, 6) is 0. The third-order valence-corrected chi connectivity index (χ3v) is 3.88. The Morgan fingerprint density at radius 1 is 1.15 bits per heavy atom. The monoisotopic (exact) mass is 324 g/mol. The van der Waals surface area contributed by atoms with Gasteiger partial charge in [0.2, 0.25) is 0 Å². The predicted molar refractivity (Wildman–Crippen MR) is 84.9 cm³/mol. The van der Waals surface area contributed by atoms with E-state index in [4.69, 9.17) is 34.8 Å². The van der Waals surface area contributed by atoms with Gasteiger partial charge in [0.1, 0.15) is 5.65 Å². The van der Waals surface area contributed by atoms with Gasteiger partial charge in [-0.2, -0.15) is 0 Å². The molecule has 0 spiro atoms. The Balaban J connectivity index is 2.32. The molecule has 0 aliphatic heterocycles. The molecule has 0 saturated carbocycles. The molecule has 1 aromatic carbocycles. The fraction of sp³-hybridized carbons (Fsp3) is 0.133. The van der Waals surface area contributed by atoms with Gasteiger partial charge in [0.25, 0.3) is 0 Å². The van der Waals surface area contributed by atoms with Crippen LogP contribution in [0.2, 0.25) is 10.0 Å². The van der Waals surface area contributed by atoms with Gasteiger partial charge in [-0.15, -0.1) is 11.6 Å². The van der Waals surface area contributed by atoms with Crippen molar-refractivity contribution >= 4 is 40.4 Å². The van der Waals surface area contributed by atoms with Crippen LogP contribution in [0.25, 0.3) is 16.9 Å². The molecule has 0 fully saturated rings. The summed E-state index contributed by atoms with van der Waals surface area (Å²) in [7, 11) is 0. The van der Waals surface area contributed by atoms with Crippen molar-refractivity contribution < 1.29 is 0 Å². The molecule has 0 radical (unpaired) electrons. The van der Waals surface area contributed by atoms with Gasteiger partial charge in [-0.05, 0) is 37.3 Å². The van der Waals surface area contributed by atoms with Crippen molar-refractivity contribution in [2.24, 2.45) is 0 Å². The first-order valence-electron chi connectivity index (χ1n) is 6.14. The third kappa shape index (κ3) is 2.28. The van der Waals surface area contributed by atoms with Crippen LogP contribution in [0.5, 0.6) is 0 Å². The minimum absolute atomic E-state index is 0.186. The van der Waals surface area contributed by atoms with E-state index < -0.39 is 0 Å². The summed E-state index contributed by atoms with van der Waals surface area (Å²) in [6, 6.07) is 11.2. The number of hydrogen-bond acceptors (Lipinski definition) is 1. The van der Waals surface area contributed by atoms with Crippen molar-refractivity contribution in [2.75, 3.05) is 0 Å². The summed E-state index contributed by atoms with van der Waals surface area (Å²) in [6.07, 6.45) is 1.95. The molecule has 0 aliphatic rings. The van der Waals surface area contributed by atoms with E-state index in [-0.39, 0.29) is 5.38 Å². The molecule has 5 heteroatoms. The molecule has 0 N–H and O–H groups in total. The summed E-state index contributed by atoms with van der Waals surface area (Å²) in [5, 5.41) is 0.983. The molecule has 0 amide bonds. The quantitative estimate of drug-likeness (QED) is 0.560. The highest BCUT2D eigenvalue weighted by molar-refractivity contribution is 6.36. The summed E-state index contributed by atoms with van der Waals surface area (Å²) < 4.78 is 1.98. The molecule has 0 aliphatic carbocycles. The average Bonchev–Trinajstić information content (AvgIpc) is 2.77. The minimum Gasteiger partial charge on any atom is -0.302 e. The Morgan fingerprint density at radius 2 is 1.95 bits per heavy atom. The van der Waals surface area contributed by atoms with Crippen LogP contribution < -0.4 is 0 Å². The number of rotatable bonds is 2. The number of nitrogens with zero attached hydrogens (tertiary/aromatic N) is 2. The number of hydrogen-bond donors (Lipinski definition) is 0. The van der Waals surface area contributed by atoms with Gasteiger partial charge in [-0.3, -0.25) is 0 Å². The van der Waals surface area contributed by atoms with Gasteiger partial charge in [-0.1, -0.05) is 29.3 Å². The molecule has 0 bridgehead atoms. The van der Waals surface area contributed by atoms with Crippen molar-refractivity contribution in [3.63, 3.8) is 0 Å². The summed E-state index contributed by atoms with van der Waals surface area (Å²) in [4.78, 5) is 4.65. The normalized spacial score (nSPS) is 12.8. The van der Waals surface area contributed by atoms with Gasteiger partial charge >= 0.3 is 0 Å². The first-order valence-corrected chi connectivity index (χ1v) is 7.33. The largest absolute Gasteiger partial charge is 0.302 e. The summed E-state index contributed by atoms with van der Waals surface area (Å²) in [5.41, 5.74) is 3.39. The van der Waals surface area contributed by atoms with Crippen LogP contribution in [-0.2, 0) is 0 Å². The Morgan fingerprint density at radius 3 is 2.65 bits per heavy atom. The van der Waals surface area contributed by atoms with E-state index in [1.54, 1.807) is 12.1 Å². The first-order chi connectivity index (χ1) is 9.58. The summed E-state index contributed by atoms with van der Waals surface area (Å²) in [6.45, 7) is 1.92. The molecular formula is C15H11Cl3N2. The minimum atomic E-state index is -0.186. The van der Waals surface area contributed by atoms with Gasteiger partial charge < -0.3 is 4.40 Å². The van der Waals surface area contributed by atoms with Crippen LogP contribution in [-0.4, -0.2) is 9.38 Å². The smallest absolute Gasteiger partial charge is 0.137 e. The molecular weight excluding hydrogens is 315 g/mol. The number of halogens is 3. The van der Waals surface area contributed by atoms with Crippen LogP contribution >= 0.6 is 34.8 Å². The molecule has 102 valence electrons. The maximum Gasteiger partial charge on any atom is 0.137 e. The number of pyridine rings is 1. The van der Waals surface area contributed by atoms with Crippen LogP contribution in [0.15, 0.2) is 42.6 Å². The van der Waals surface area contributed by atoms with E-state index in [0.717, 1.165) is 22.6 Å². The number of fused-ring (bicyclic) bond motifs is 1. The molecule has 2 nitrogen and oxygen atoms in total. The van der Waals surface area contributed by atoms with Crippen molar-refractivity contribution in [1.29, 1.82) is 0 Å². The standard InChI is InChI=1S/C15H11Cl3N2/c1-9(16)15-14(11-6-5-10(17)8-12(11)18)19-13-4-2-3-7-20(13)15/h2-9H,1H3. The lowest BCUT2D eigenvalue weighted by Gasteiger charge is -2.08.